The Bertz CT molecular complexity index is 533. The number of aromatic nitrogens is 3. The van der Waals surface area contributed by atoms with Gasteiger partial charge in [0.2, 0.25) is 0 Å². The van der Waals surface area contributed by atoms with Crippen molar-refractivity contribution in [1.82, 2.24) is 15.0 Å². The van der Waals surface area contributed by atoms with Crippen LogP contribution in [0.25, 0.3) is 5.69 Å². The van der Waals surface area contributed by atoms with E-state index in [1.807, 2.05) is 16.8 Å². The second-order valence-electron chi connectivity index (χ2n) is 4.04. The summed E-state index contributed by atoms with van der Waals surface area (Å²) in [5, 5.41) is 8.05. The van der Waals surface area contributed by atoms with Gasteiger partial charge in [-0.15, -0.1) is 5.10 Å². The number of benzene rings is 1. The average molecular weight is 295 g/mol. The van der Waals surface area contributed by atoms with Crippen molar-refractivity contribution in [3.8, 4) is 5.69 Å². The number of hydrogen-bond acceptors (Lipinski definition) is 3. The lowest BCUT2D eigenvalue weighted by molar-refractivity contribution is 0.743. The summed E-state index contributed by atoms with van der Waals surface area (Å²) in [5.41, 5.74) is 8.98. The van der Waals surface area contributed by atoms with Crippen LogP contribution < -0.4 is 5.73 Å². The Morgan fingerprint density at radius 1 is 1.41 bits per heavy atom. The summed E-state index contributed by atoms with van der Waals surface area (Å²) in [6.45, 7) is 4.16. The zero-order valence-electron chi connectivity index (χ0n) is 9.94. The molecule has 0 saturated heterocycles. The van der Waals surface area contributed by atoms with Crippen LogP contribution in [0.1, 0.15) is 24.6 Å². The second kappa shape index (κ2) is 4.87. The normalized spacial score (nSPS) is 10.8. The molecule has 0 aliphatic carbocycles. The van der Waals surface area contributed by atoms with E-state index in [1.165, 1.54) is 5.56 Å². The molecular formula is C12H15BrN4. The maximum absolute atomic E-state index is 5.84. The highest BCUT2D eigenvalue weighted by Crippen LogP contribution is 2.24. The van der Waals surface area contributed by atoms with Crippen LogP contribution in [0, 0.1) is 6.92 Å². The SMILES string of the molecule is CCCc1c(N)nnn1-c1ccc(C)cc1Br. The van der Waals surface area contributed by atoms with Gasteiger partial charge in [-0.25, -0.2) is 4.68 Å². The van der Waals surface area contributed by atoms with Crippen molar-refractivity contribution < 1.29 is 0 Å². The largest absolute Gasteiger partial charge is 0.381 e. The van der Waals surface area contributed by atoms with Crippen LogP contribution in [-0.2, 0) is 6.42 Å². The molecule has 0 spiro atoms. The smallest absolute Gasteiger partial charge is 0.169 e. The molecule has 0 radical (unpaired) electrons. The van der Waals surface area contributed by atoms with Gasteiger partial charge in [0.05, 0.1) is 11.4 Å². The summed E-state index contributed by atoms with van der Waals surface area (Å²) in [4.78, 5) is 0. The van der Waals surface area contributed by atoms with Gasteiger partial charge in [-0.3, -0.25) is 0 Å². The van der Waals surface area contributed by atoms with Gasteiger partial charge in [0.1, 0.15) is 0 Å². The Labute approximate surface area is 109 Å². The first-order chi connectivity index (χ1) is 8.13. The first-order valence-electron chi connectivity index (χ1n) is 5.60. The van der Waals surface area contributed by atoms with E-state index in [2.05, 4.69) is 46.2 Å². The highest BCUT2D eigenvalue weighted by Gasteiger charge is 2.12. The molecular weight excluding hydrogens is 280 g/mol. The van der Waals surface area contributed by atoms with Gasteiger partial charge in [-0.1, -0.05) is 24.6 Å². The molecule has 0 saturated carbocycles. The highest BCUT2D eigenvalue weighted by atomic mass is 79.9. The van der Waals surface area contributed by atoms with Crippen LogP contribution in [0.15, 0.2) is 22.7 Å². The fourth-order valence-electron chi connectivity index (χ4n) is 1.76. The quantitative estimate of drug-likeness (QED) is 0.947. The summed E-state index contributed by atoms with van der Waals surface area (Å²) in [5.74, 6) is 0.513. The lowest BCUT2D eigenvalue weighted by Gasteiger charge is -2.08. The number of halogens is 1. The van der Waals surface area contributed by atoms with Crippen LogP contribution in [0.4, 0.5) is 5.82 Å². The average Bonchev–Trinajstić information content (AvgIpc) is 2.62. The van der Waals surface area contributed by atoms with E-state index in [0.717, 1.165) is 28.7 Å². The molecule has 0 fully saturated rings. The molecule has 0 atom stereocenters. The van der Waals surface area contributed by atoms with E-state index in [4.69, 9.17) is 5.73 Å². The Balaban J connectivity index is 2.52. The highest BCUT2D eigenvalue weighted by molar-refractivity contribution is 9.10. The van der Waals surface area contributed by atoms with E-state index < -0.39 is 0 Å². The van der Waals surface area contributed by atoms with Gasteiger partial charge in [0.25, 0.3) is 0 Å². The number of hydrogen-bond donors (Lipinski definition) is 1. The first-order valence-corrected chi connectivity index (χ1v) is 6.39. The summed E-state index contributed by atoms with van der Waals surface area (Å²) < 4.78 is 2.81. The summed E-state index contributed by atoms with van der Waals surface area (Å²) in [7, 11) is 0. The van der Waals surface area contributed by atoms with Gasteiger partial charge in [-0.05, 0) is 47.0 Å². The molecule has 0 aliphatic rings. The molecule has 0 bridgehead atoms. The Hall–Kier alpha value is -1.36. The predicted octanol–water partition coefficient (Wildman–Crippen LogP) is 2.87. The van der Waals surface area contributed by atoms with Crippen molar-refractivity contribution in [3.05, 3.63) is 33.9 Å². The summed E-state index contributed by atoms with van der Waals surface area (Å²) in [6, 6.07) is 6.13. The number of nitrogens with zero attached hydrogens (tertiary/aromatic N) is 3. The third-order valence-corrected chi connectivity index (χ3v) is 3.25. The predicted molar refractivity (Wildman–Crippen MR) is 72.2 cm³/mol. The number of nitrogens with two attached hydrogens (primary N) is 1. The van der Waals surface area contributed by atoms with Gasteiger partial charge >= 0.3 is 0 Å². The van der Waals surface area contributed by atoms with Crippen LogP contribution in [0.3, 0.4) is 0 Å². The van der Waals surface area contributed by atoms with Crippen LogP contribution in [-0.4, -0.2) is 15.0 Å². The lowest BCUT2D eigenvalue weighted by atomic mass is 10.2. The Morgan fingerprint density at radius 2 is 2.18 bits per heavy atom. The fourth-order valence-corrected chi connectivity index (χ4v) is 2.42. The number of anilines is 1. The molecule has 0 unspecified atom stereocenters. The number of aryl methyl sites for hydroxylation is 1. The minimum Gasteiger partial charge on any atom is -0.381 e. The number of nitrogen functional groups attached to an aromatic ring is 1. The van der Waals surface area contributed by atoms with E-state index in [1.54, 1.807) is 0 Å². The van der Waals surface area contributed by atoms with Crippen molar-refractivity contribution in [2.45, 2.75) is 26.7 Å². The van der Waals surface area contributed by atoms with Crippen molar-refractivity contribution in [2.24, 2.45) is 0 Å². The van der Waals surface area contributed by atoms with Crippen molar-refractivity contribution in [1.29, 1.82) is 0 Å². The topological polar surface area (TPSA) is 56.7 Å². The fraction of sp³-hybridized carbons (Fsp3) is 0.333. The summed E-state index contributed by atoms with van der Waals surface area (Å²) >= 11 is 3.55. The summed E-state index contributed by atoms with van der Waals surface area (Å²) in [6.07, 6.45) is 1.89. The molecule has 17 heavy (non-hydrogen) atoms. The Kier molecular flexibility index (Phi) is 3.47. The van der Waals surface area contributed by atoms with Gasteiger partial charge in [0, 0.05) is 4.47 Å². The van der Waals surface area contributed by atoms with Crippen molar-refractivity contribution >= 4 is 21.7 Å². The minimum absolute atomic E-state index is 0.513. The van der Waals surface area contributed by atoms with Gasteiger partial charge < -0.3 is 5.73 Å². The molecule has 1 aromatic heterocycles. The molecule has 5 heteroatoms. The third-order valence-electron chi connectivity index (χ3n) is 2.61. The van der Waals surface area contributed by atoms with Gasteiger partial charge in [-0.2, -0.15) is 0 Å². The maximum atomic E-state index is 5.84. The molecule has 2 aromatic rings. The van der Waals surface area contributed by atoms with E-state index >= 15 is 0 Å². The molecule has 1 heterocycles. The monoisotopic (exact) mass is 294 g/mol. The molecule has 2 rings (SSSR count). The maximum Gasteiger partial charge on any atom is 0.169 e. The zero-order chi connectivity index (χ0) is 12.4. The van der Waals surface area contributed by atoms with E-state index in [9.17, 15) is 0 Å². The van der Waals surface area contributed by atoms with E-state index in [0.29, 0.717) is 5.82 Å². The van der Waals surface area contributed by atoms with Gasteiger partial charge in [0.15, 0.2) is 5.82 Å². The van der Waals surface area contributed by atoms with Crippen LogP contribution >= 0.6 is 15.9 Å². The second-order valence-corrected chi connectivity index (χ2v) is 4.89. The van der Waals surface area contributed by atoms with E-state index in [-0.39, 0.29) is 0 Å². The third kappa shape index (κ3) is 2.34. The van der Waals surface area contributed by atoms with Crippen LogP contribution in [0.2, 0.25) is 0 Å². The van der Waals surface area contributed by atoms with Crippen LogP contribution in [0.5, 0.6) is 0 Å². The molecule has 2 N–H and O–H groups in total. The zero-order valence-corrected chi connectivity index (χ0v) is 11.5. The molecule has 0 amide bonds. The first kappa shape index (κ1) is 12.1. The standard InChI is InChI=1S/C12H15BrN4/c1-3-4-11-12(14)15-16-17(11)10-6-5-8(2)7-9(10)13/h5-7H,3-4,14H2,1-2H3. The van der Waals surface area contributed by atoms with Crippen molar-refractivity contribution in [3.63, 3.8) is 0 Å². The molecule has 4 nitrogen and oxygen atoms in total. The number of rotatable bonds is 3. The molecule has 0 aliphatic heterocycles. The minimum atomic E-state index is 0.513. The molecule has 90 valence electrons. The van der Waals surface area contributed by atoms with Crippen molar-refractivity contribution in [2.75, 3.05) is 5.73 Å². The lowest BCUT2D eigenvalue weighted by Crippen LogP contribution is -2.04. The Morgan fingerprint density at radius 3 is 2.82 bits per heavy atom. The molecule has 1 aromatic carbocycles.